The number of fused-ring (bicyclic) bond motifs is 2. The molecule has 2 aromatic carbocycles. The van der Waals surface area contributed by atoms with Gasteiger partial charge in [-0.15, -0.1) is 0 Å². The van der Waals surface area contributed by atoms with E-state index < -0.39 is 23.5 Å². The molecule has 5 aromatic rings. The van der Waals surface area contributed by atoms with Gasteiger partial charge in [0.05, 0.1) is 22.3 Å². The van der Waals surface area contributed by atoms with Crippen molar-refractivity contribution >= 4 is 39.6 Å². The van der Waals surface area contributed by atoms with Gasteiger partial charge in [-0.1, -0.05) is 30.3 Å². The number of pyridine rings is 1. The molecule has 3 aromatic heterocycles. The van der Waals surface area contributed by atoms with Gasteiger partial charge in [0.1, 0.15) is 11.6 Å². The third kappa shape index (κ3) is 3.00. The number of nitrogens with one attached hydrogen (secondary N) is 1. The van der Waals surface area contributed by atoms with Crippen LogP contribution < -0.4 is 4.90 Å². The fourth-order valence-corrected chi connectivity index (χ4v) is 4.32. The fourth-order valence-electron chi connectivity index (χ4n) is 4.32. The number of anilines is 1. The number of carbonyl (C=O) groups excluding carboxylic acids is 2. The Hall–Kier alpha value is -4.72. The Morgan fingerprint density at radius 2 is 1.91 bits per heavy atom. The van der Waals surface area contributed by atoms with E-state index in [0.717, 1.165) is 16.5 Å². The molecule has 0 spiro atoms. The van der Waals surface area contributed by atoms with Crippen molar-refractivity contribution in [2.24, 2.45) is 0 Å². The Balaban J connectivity index is 1.51. The third-order valence-corrected chi connectivity index (χ3v) is 5.92. The van der Waals surface area contributed by atoms with Crippen molar-refractivity contribution in [1.29, 1.82) is 0 Å². The maximum absolute atomic E-state index is 13.6. The van der Waals surface area contributed by atoms with Crippen molar-refractivity contribution in [2.75, 3.05) is 4.90 Å². The topological polar surface area (TPSA) is 112 Å². The van der Waals surface area contributed by atoms with Crippen LogP contribution in [0.5, 0.6) is 0 Å². The number of ketones is 1. The second-order valence-corrected chi connectivity index (χ2v) is 8.15. The second-order valence-electron chi connectivity index (χ2n) is 8.15. The van der Waals surface area contributed by atoms with E-state index in [1.807, 2.05) is 37.3 Å². The number of hydrogen-bond donors (Lipinski definition) is 2. The van der Waals surface area contributed by atoms with Crippen LogP contribution in [0.3, 0.4) is 0 Å². The number of aromatic amines is 1. The van der Waals surface area contributed by atoms with Crippen LogP contribution in [0.4, 0.5) is 5.95 Å². The van der Waals surface area contributed by atoms with E-state index in [1.54, 1.807) is 42.6 Å². The van der Waals surface area contributed by atoms with Gasteiger partial charge in [-0.25, -0.2) is 4.98 Å². The molecule has 0 saturated heterocycles. The van der Waals surface area contributed by atoms with Crippen molar-refractivity contribution in [3.63, 3.8) is 0 Å². The number of nitrogens with zero attached hydrogens (tertiary/aromatic N) is 3. The van der Waals surface area contributed by atoms with Gasteiger partial charge in [-0.2, -0.15) is 0 Å². The molecule has 1 atom stereocenters. The van der Waals surface area contributed by atoms with Gasteiger partial charge in [0.2, 0.25) is 11.7 Å². The summed E-state index contributed by atoms with van der Waals surface area (Å²) >= 11 is 0. The molecule has 0 radical (unpaired) electrons. The molecule has 1 aliphatic heterocycles. The number of amides is 1. The minimum Gasteiger partial charge on any atom is -0.503 e. The molecule has 1 aliphatic rings. The lowest BCUT2D eigenvalue weighted by Crippen LogP contribution is -2.32. The van der Waals surface area contributed by atoms with Gasteiger partial charge in [-0.3, -0.25) is 19.5 Å². The Morgan fingerprint density at radius 1 is 1.09 bits per heavy atom. The number of Topliss-reactive ketones (excluding diaryl/α,β-unsaturated/α-hetero) is 1. The van der Waals surface area contributed by atoms with Gasteiger partial charge in [-0.05, 0) is 48.9 Å². The van der Waals surface area contributed by atoms with Crippen molar-refractivity contribution in [1.82, 2.24) is 15.0 Å². The molecule has 8 heteroatoms. The number of imidazole rings is 1. The summed E-state index contributed by atoms with van der Waals surface area (Å²) in [6, 6.07) is 18.7. The van der Waals surface area contributed by atoms with Gasteiger partial charge in [0.15, 0.2) is 11.5 Å². The molecule has 0 fully saturated rings. The molecule has 6 rings (SSSR count). The Morgan fingerprint density at radius 3 is 2.71 bits per heavy atom. The van der Waals surface area contributed by atoms with E-state index in [-0.39, 0.29) is 17.3 Å². The standard InChI is InChI=1S/C26H18N4O4/c1-14-9-10-16-18(12-14)29-26(28-16)30-22(17-7-4-5-11-27-17)21(24(32)25(30)33)23(31)20-13-15-6-2-3-8-19(15)34-20/h2-13,22,32H,1H3,(H,28,29). The van der Waals surface area contributed by atoms with Crippen molar-refractivity contribution in [2.45, 2.75) is 13.0 Å². The first kappa shape index (κ1) is 19.9. The van der Waals surface area contributed by atoms with Crippen LogP contribution in [0.2, 0.25) is 0 Å². The van der Waals surface area contributed by atoms with Crippen molar-refractivity contribution in [3.8, 4) is 0 Å². The van der Waals surface area contributed by atoms with E-state index in [0.29, 0.717) is 16.8 Å². The van der Waals surface area contributed by atoms with Crippen LogP contribution in [0.15, 0.2) is 88.7 Å². The number of furan rings is 1. The number of carbonyl (C=O) groups is 2. The van der Waals surface area contributed by atoms with Gasteiger partial charge in [0.25, 0.3) is 5.91 Å². The Bertz CT molecular complexity index is 1600. The number of benzene rings is 2. The zero-order valence-corrected chi connectivity index (χ0v) is 18.0. The van der Waals surface area contributed by atoms with E-state index in [2.05, 4.69) is 15.0 Å². The molecule has 0 saturated carbocycles. The maximum Gasteiger partial charge on any atom is 0.296 e. The van der Waals surface area contributed by atoms with Crippen LogP contribution in [0.25, 0.3) is 22.0 Å². The van der Waals surface area contributed by atoms with Crippen LogP contribution in [-0.2, 0) is 4.79 Å². The number of aryl methyl sites for hydroxylation is 1. The molecule has 1 amide bonds. The van der Waals surface area contributed by atoms with Gasteiger partial charge < -0.3 is 14.5 Å². The quantitative estimate of drug-likeness (QED) is 0.381. The van der Waals surface area contributed by atoms with E-state index in [4.69, 9.17) is 4.42 Å². The summed E-state index contributed by atoms with van der Waals surface area (Å²) in [5, 5.41) is 11.6. The molecular formula is C26H18N4O4. The summed E-state index contributed by atoms with van der Waals surface area (Å²) in [4.78, 5) is 40.2. The predicted octanol–water partition coefficient (Wildman–Crippen LogP) is 4.80. The number of aromatic nitrogens is 3. The maximum atomic E-state index is 13.6. The zero-order valence-electron chi connectivity index (χ0n) is 18.0. The molecule has 4 heterocycles. The van der Waals surface area contributed by atoms with Crippen LogP contribution >= 0.6 is 0 Å². The molecule has 166 valence electrons. The number of rotatable bonds is 4. The lowest BCUT2D eigenvalue weighted by Gasteiger charge is -2.23. The highest BCUT2D eigenvalue weighted by Crippen LogP contribution is 2.41. The summed E-state index contributed by atoms with van der Waals surface area (Å²) in [6.45, 7) is 1.95. The third-order valence-electron chi connectivity index (χ3n) is 5.92. The zero-order chi connectivity index (χ0) is 23.4. The van der Waals surface area contributed by atoms with Crippen LogP contribution in [-0.4, -0.2) is 31.7 Å². The molecule has 34 heavy (non-hydrogen) atoms. The monoisotopic (exact) mass is 450 g/mol. The fraction of sp³-hybridized carbons (Fsp3) is 0.0769. The average molecular weight is 450 g/mol. The smallest absolute Gasteiger partial charge is 0.296 e. The summed E-state index contributed by atoms with van der Waals surface area (Å²) in [5.74, 6) is -1.76. The summed E-state index contributed by atoms with van der Waals surface area (Å²) in [7, 11) is 0. The van der Waals surface area contributed by atoms with Gasteiger partial charge in [0, 0.05) is 11.6 Å². The first-order valence-corrected chi connectivity index (χ1v) is 10.7. The molecule has 1 unspecified atom stereocenters. The molecule has 8 nitrogen and oxygen atoms in total. The first-order valence-electron chi connectivity index (χ1n) is 10.7. The Kier molecular flexibility index (Phi) is 4.35. The SMILES string of the molecule is Cc1ccc2nc(N3C(=O)C(O)=C(C(=O)c4cc5ccccc5o4)C3c3ccccn3)[nH]c2c1. The highest BCUT2D eigenvalue weighted by Gasteiger charge is 2.47. The molecular weight excluding hydrogens is 432 g/mol. The predicted molar refractivity (Wildman–Crippen MR) is 125 cm³/mol. The molecule has 2 N–H and O–H groups in total. The normalized spacial score (nSPS) is 16.2. The highest BCUT2D eigenvalue weighted by atomic mass is 16.3. The largest absolute Gasteiger partial charge is 0.503 e. The minimum atomic E-state index is -0.990. The van der Waals surface area contributed by atoms with Crippen LogP contribution in [0.1, 0.15) is 27.9 Å². The number of para-hydroxylation sites is 1. The number of aliphatic hydroxyl groups excluding tert-OH is 1. The van der Waals surface area contributed by atoms with Crippen molar-refractivity contribution < 1.29 is 19.1 Å². The van der Waals surface area contributed by atoms with Crippen LogP contribution in [0, 0.1) is 6.92 Å². The summed E-state index contributed by atoms with van der Waals surface area (Å²) in [6.07, 6.45) is 1.57. The minimum absolute atomic E-state index is 0.0264. The summed E-state index contributed by atoms with van der Waals surface area (Å²) in [5.41, 5.74) is 3.26. The Labute approximate surface area is 193 Å². The van der Waals surface area contributed by atoms with Crippen molar-refractivity contribution in [3.05, 3.63) is 101 Å². The van der Waals surface area contributed by atoms with E-state index in [1.165, 1.54) is 4.90 Å². The number of hydrogen-bond acceptors (Lipinski definition) is 6. The second kappa shape index (κ2) is 7.41. The number of aliphatic hydroxyl groups is 1. The molecule has 0 aliphatic carbocycles. The molecule has 0 bridgehead atoms. The lowest BCUT2D eigenvalue weighted by atomic mass is 9.98. The first-order chi connectivity index (χ1) is 16.5. The number of H-pyrrole nitrogens is 1. The van der Waals surface area contributed by atoms with E-state index in [9.17, 15) is 14.7 Å². The lowest BCUT2D eigenvalue weighted by molar-refractivity contribution is -0.117. The van der Waals surface area contributed by atoms with E-state index >= 15 is 0 Å². The summed E-state index contributed by atoms with van der Waals surface area (Å²) < 4.78 is 5.74. The average Bonchev–Trinajstić information content (AvgIpc) is 3.53. The van der Waals surface area contributed by atoms with Gasteiger partial charge >= 0.3 is 0 Å². The highest BCUT2D eigenvalue weighted by molar-refractivity contribution is 6.20.